The Morgan fingerprint density at radius 1 is 1.08 bits per heavy atom. The van der Waals surface area contributed by atoms with Gasteiger partial charge in [-0.2, -0.15) is 0 Å². The highest BCUT2D eigenvalue weighted by molar-refractivity contribution is 5.94. The van der Waals surface area contributed by atoms with Gasteiger partial charge in [-0.15, -0.1) is 0 Å². The first kappa shape index (κ1) is 25.8. The number of morpholine rings is 1. The van der Waals surface area contributed by atoms with Crippen LogP contribution >= 0.6 is 0 Å². The second-order valence-corrected chi connectivity index (χ2v) is 10.0. The lowest BCUT2D eigenvalue weighted by Gasteiger charge is -2.36. The summed E-state index contributed by atoms with van der Waals surface area (Å²) >= 11 is 0. The number of aromatic nitrogens is 3. The van der Waals surface area contributed by atoms with E-state index in [-0.39, 0.29) is 24.7 Å². The van der Waals surface area contributed by atoms with E-state index in [1.165, 1.54) is 0 Å². The molecule has 0 spiro atoms. The number of hydrogen-bond acceptors (Lipinski definition) is 7. The minimum absolute atomic E-state index is 0.153. The third kappa shape index (κ3) is 5.66. The molecule has 8 heteroatoms. The van der Waals surface area contributed by atoms with Crippen LogP contribution in [-0.4, -0.2) is 51.3 Å². The zero-order valence-corrected chi connectivity index (χ0v) is 22.2. The van der Waals surface area contributed by atoms with E-state index in [2.05, 4.69) is 29.0 Å². The van der Waals surface area contributed by atoms with Gasteiger partial charge in [0.2, 0.25) is 0 Å². The molecule has 8 nitrogen and oxygen atoms in total. The molecule has 0 aliphatic carbocycles. The van der Waals surface area contributed by atoms with Crippen LogP contribution in [-0.2, 0) is 11.3 Å². The molecule has 1 aliphatic rings. The van der Waals surface area contributed by atoms with Gasteiger partial charge in [0.15, 0.2) is 0 Å². The van der Waals surface area contributed by atoms with Crippen LogP contribution in [0.5, 0.6) is 0 Å². The number of nitrogens with one attached hydrogen (secondary N) is 1. The molecule has 0 bridgehead atoms. The number of anilines is 1. The van der Waals surface area contributed by atoms with Gasteiger partial charge in [0.1, 0.15) is 5.82 Å². The molecule has 1 saturated heterocycles. The number of nitrogens with zero attached hydrogens (tertiary/aromatic N) is 4. The first-order valence-corrected chi connectivity index (χ1v) is 13.0. The molecule has 1 fully saturated rings. The summed E-state index contributed by atoms with van der Waals surface area (Å²) in [5, 5.41) is 13.8. The number of benzene rings is 1. The molecule has 5 rings (SSSR count). The van der Waals surface area contributed by atoms with Crippen LogP contribution in [0.1, 0.15) is 54.1 Å². The fourth-order valence-electron chi connectivity index (χ4n) is 4.91. The summed E-state index contributed by atoms with van der Waals surface area (Å²) in [5.41, 5.74) is 5.27. The van der Waals surface area contributed by atoms with Crippen molar-refractivity contribution in [3.8, 4) is 11.4 Å². The summed E-state index contributed by atoms with van der Waals surface area (Å²) in [6, 6.07) is 17.2. The van der Waals surface area contributed by atoms with Gasteiger partial charge < -0.3 is 20.1 Å². The number of carbonyl (C=O) groups is 1. The van der Waals surface area contributed by atoms with Gasteiger partial charge in [-0.25, -0.2) is 9.97 Å². The maximum Gasteiger partial charge on any atom is 0.251 e. The van der Waals surface area contributed by atoms with Gasteiger partial charge in [0.05, 0.1) is 47.5 Å². The Bertz CT molecular complexity index is 1460. The molecule has 196 valence electrons. The van der Waals surface area contributed by atoms with Crippen molar-refractivity contribution >= 4 is 22.6 Å². The fourth-order valence-corrected chi connectivity index (χ4v) is 4.91. The lowest BCUT2D eigenvalue weighted by Crippen LogP contribution is -2.45. The summed E-state index contributed by atoms with van der Waals surface area (Å²) in [6.45, 7) is 9.64. The molecule has 0 saturated carbocycles. The molecular weight excluding hydrogens is 478 g/mol. The predicted octanol–water partition coefficient (Wildman–Crippen LogP) is 4.60. The number of aryl methyl sites for hydroxylation is 1. The molecule has 4 heterocycles. The normalized spacial score (nSPS) is 18.4. The van der Waals surface area contributed by atoms with Crippen molar-refractivity contribution in [1.82, 2.24) is 20.3 Å². The van der Waals surface area contributed by atoms with Crippen molar-refractivity contribution in [2.75, 3.05) is 18.0 Å². The predicted molar refractivity (Wildman–Crippen MR) is 148 cm³/mol. The molecule has 38 heavy (non-hydrogen) atoms. The highest BCUT2D eigenvalue weighted by Gasteiger charge is 2.23. The van der Waals surface area contributed by atoms with Gasteiger partial charge in [0, 0.05) is 30.2 Å². The van der Waals surface area contributed by atoms with Crippen LogP contribution in [0.4, 0.5) is 5.82 Å². The van der Waals surface area contributed by atoms with Gasteiger partial charge >= 0.3 is 0 Å². The quantitative estimate of drug-likeness (QED) is 0.390. The van der Waals surface area contributed by atoms with Crippen LogP contribution in [0.2, 0.25) is 0 Å². The average Bonchev–Trinajstić information content (AvgIpc) is 2.91. The second-order valence-electron chi connectivity index (χ2n) is 10.0. The summed E-state index contributed by atoms with van der Waals surface area (Å²) in [7, 11) is 0. The summed E-state index contributed by atoms with van der Waals surface area (Å²) in [5.74, 6) is 0.697. The summed E-state index contributed by atoms with van der Waals surface area (Å²) in [4.78, 5) is 29.3. The molecular formula is C30H33N5O3. The summed E-state index contributed by atoms with van der Waals surface area (Å²) in [6.07, 6.45) is 1.44. The maximum atomic E-state index is 12.8. The van der Waals surface area contributed by atoms with Crippen molar-refractivity contribution in [2.24, 2.45) is 0 Å². The number of carbonyl (C=O) groups excluding carboxylic acids is 1. The van der Waals surface area contributed by atoms with Crippen molar-refractivity contribution in [3.63, 3.8) is 0 Å². The number of aliphatic hydroxyl groups is 1. The number of pyridine rings is 3. The lowest BCUT2D eigenvalue weighted by molar-refractivity contribution is -0.00545. The highest BCUT2D eigenvalue weighted by Crippen LogP contribution is 2.24. The molecule has 0 radical (unpaired) electrons. The highest BCUT2D eigenvalue weighted by atomic mass is 16.5. The zero-order valence-electron chi connectivity index (χ0n) is 22.2. The average molecular weight is 512 g/mol. The van der Waals surface area contributed by atoms with Crippen molar-refractivity contribution in [2.45, 2.75) is 52.6 Å². The third-order valence-electron chi connectivity index (χ3n) is 6.79. The van der Waals surface area contributed by atoms with E-state index in [4.69, 9.17) is 14.7 Å². The minimum Gasteiger partial charge on any atom is -0.389 e. The van der Waals surface area contributed by atoms with E-state index in [0.717, 1.165) is 52.3 Å². The van der Waals surface area contributed by atoms with E-state index in [1.54, 1.807) is 25.3 Å². The van der Waals surface area contributed by atoms with Gasteiger partial charge in [-0.1, -0.05) is 12.1 Å². The van der Waals surface area contributed by atoms with Crippen LogP contribution in [0, 0.1) is 6.92 Å². The lowest BCUT2D eigenvalue weighted by atomic mass is 10.0. The molecule has 4 aromatic rings. The molecule has 3 aromatic heterocycles. The Morgan fingerprint density at radius 2 is 1.84 bits per heavy atom. The Balaban J connectivity index is 1.33. The van der Waals surface area contributed by atoms with E-state index < -0.39 is 6.10 Å². The first-order valence-electron chi connectivity index (χ1n) is 13.0. The summed E-state index contributed by atoms with van der Waals surface area (Å²) < 4.78 is 5.87. The number of rotatable bonds is 6. The van der Waals surface area contributed by atoms with Gasteiger partial charge in [-0.05, 0) is 81.3 Å². The zero-order chi connectivity index (χ0) is 26.8. The van der Waals surface area contributed by atoms with E-state index in [1.807, 2.05) is 49.4 Å². The molecule has 1 unspecified atom stereocenters. The fraction of sp³-hybridized carbons (Fsp3) is 0.333. The molecule has 1 amide bonds. The molecule has 2 N–H and O–H groups in total. The number of hydrogen-bond donors (Lipinski definition) is 2. The third-order valence-corrected chi connectivity index (χ3v) is 6.79. The first-order chi connectivity index (χ1) is 18.3. The standard InChI is InChI=1S/C30H33N5O3/c1-18-8-9-22(12-25(18)21(4)36)30(37)32-15-24-13-28-23(14-31-24)10-11-27(33-28)26-6-5-7-29(34-26)35-16-19(2)38-20(3)17-35/h5-14,19-21,36H,15-17H2,1-4H3,(H,32,37)/t19-,20+,21?. The minimum atomic E-state index is -0.638. The van der Waals surface area contributed by atoms with E-state index >= 15 is 0 Å². The Morgan fingerprint density at radius 3 is 2.61 bits per heavy atom. The van der Waals surface area contributed by atoms with Gasteiger partial charge in [0.25, 0.3) is 5.91 Å². The topological polar surface area (TPSA) is 100 Å². The number of fused-ring (bicyclic) bond motifs is 1. The van der Waals surface area contributed by atoms with Crippen LogP contribution in [0.3, 0.4) is 0 Å². The molecule has 1 aromatic carbocycles. The Kier molecular flexibility index (Phi) is 7.35. The smallest absolute Gasteiger partial charge is 0.251 e. The number of ether oxygens (including phenoxy) is 1. The van der Waals surface area contributed by atoms with Gasteiger partial charge in [-0.3, -0.25) is 9.78 Å². The number of amides is 1. The SMILES string of the molecule is Cc1ccc(C(=O)NCc2cc3nc(-c4cccc(N5C[C@@H](C)O[C@@H](C)C5)n4)ccc3cn2)cc1C(C)O. The maximum absolute atomic E-state index is 12.8. The Labute approximate surface area is 222 Å². The van der Waals surface area contributed by atoms with Crippen LogP contribution < -0.4 is 10.2 Å². The monoisotopic (exact) mass is 511 g/mol. The van der Waals surface area contributed by atoms with E-state index in [9.17, 15) is 9.90 Å². The van der Waals surface area contributed by atoms with E-state index in [0.29, 0.717) is 11.3 Å². The van der Waals surface area contributed by atoms with Crippen molar-refractivity contribution in [1.29, 1.82) is 0 Å². The van der Waals surface area contributed by atoms with Crippen LogP contribution in [0.15, 0.2) is 60.8 Å². The number of aliphatic hydroxyl groups excluding tert-OH is 1. The van der Waals surface area contributed by atoms with Crippen molar-refractivity contribution < 1.29 is 14.6 Å². The molecule has 3 atom stereocenters. The second kappa shape index (κ2) is 10.8. The molecule has 1 aliphatic heterocycles. The Hall–Kier alpha value is -3.88. The van der Waals surface area contributed by atoms with Crippen LogP contribution in [0.25, 0.3) is 22.3 Å². The van der Waals surface area contributed by atoms with Crippen molar-refractivity contribution in [3.05, 3.63) is 83.2 Å². The largest absolute Gasteiger partial charge is 0.389 e.